The zero-order valence-electron chi connectivity index (χ0n) is 19.1. The molecule has 180 valence electrons. The maximum atomic E-state index is 13.8. The Labute approximate surface area is 200 Å². The molecule has 0 saturated heterocycles. The lowest BCUT2D eigenvalue weighted by atomic mass is 9.57. The minimum atomic E-state index is -2.58. The van der Waals surface area contributed by atoms with Crippen LogP contribution in [-0.4, -0.2) is 73.4 Å². The smallest absolute Gasteiger partial charge is 0.255 e. The van der Waals surface area contributed by atoms with Crippen molar-refractivity contribution in [3.63, 3.8) is 0 Å². The van der Waals surface area contributed by atoms with Crippen LogP contribution in [0, 0.1) is 11.8 Å². The predicted molar refractivity (Wildman–Crippen MR) is 124 cm³/mol. The second-order valence-electron chi connectivity index (χ2n) is 9.38. The monoisotopic (exact) mass is 476 g/mol. The molecule has 3 aliphatic carbocycles. The van der Waals surface area contributed by atoms with Crippen molar-refractivity contribution >= 4 is 23.2 Å². The number of fused-ring (bicyclic) bond motifs is 3. The first-order chi connectivity index (χ1) is 16.6. The number of aliphatic hydroxyl groups is 3. The Bertz CT molecular complexity index is 1350. The molecule has 0 aliphatic heterocycles. The Kier molecular flexibility index (Phi) is 5.11. The van der Waals surface area contributed by atoms with Crippen LogP contribution in [0.15, 0.2) is 53.7 Å². The Balaban J connectivity index is 1.72. The lowest BCUT2D eigenvalue weighted by Crippen LogP contribution is -2.65. The number of nitrogens with zero attached hydrogens (tertiary/aromatic N) is 3. The quantitative estimate of drug-likeness (QED) is 0.467. The minimum Gasteiger partial charge on any atom is -0.508 e. The highest BCUT2D eigenvalue weighted by atomic mass is 16.3. The third-order valence-electron chi connectivity index (χ3n) is 7.35. The molecule has 0 radical (unpaired) electrons. The molecule has 0 unspecified atom stereocenters. The molecule has 0 bridgehead atoms. The van der Waals surface area contributed by atoms with Gasteiger partial charge < -0.3 is 21.1 Å². The van der Waals surface area contributed by atoms with E-state index in [4.69, 9.17) is 5.73 Å². The van der Waals surface area contributed by atoms with E-state index in [1.807, 2.05) is 6.07 Å². The van der Waals surface area contributed by atoms with Gasteiger partial charge in [-0.2, -0.15) is 0 Å². The van der Waals surface area contributed by atoms with E-state index >= 15 is 0 Å². The van der Waals surface area contributed by atoms with E-state index in [0.29, 0.717) is 17.7 Å². The van der Waals surface area contributed by atoms with Crippen molar-refractivity contribution in [3.8, 4) is 11.3 Å². The summed E-state index contributed by atoms with van der Waals surface area (Å²) in [6.45, 7) is 0. The van der Waals surface area contributed by atoms with Crippen molar-refractivity contribution < 1.29 is 29.7 Å². The highest BCUT2D eigenvalue weighted by molar-refractivity contribution is 6.24. The number of benzene rings is 1. The summed E-state index contributed by atoms with van der Waals surface area (Å²) in [5.41, 5.74) is 4.44. The molecule has 4 atom stereocenters. The van der Waals surface area contributed by atoms with E-state index in [9.17, 15) is 29.7 Å². The van der Waals surface area contributed by atoms with Crippen molar-refractivity contribution in [2.75, 3.05) is 14.1 Å². The zero-order chi connectivity index (χ0) is 25.2. The number of aromatic nitrogens is 2. The average molecular weight is 476 g/mol. The van der Waals surface area contributed by atoms with Crippen molar-refractivity contribution in [1.82, 2.24) is 14.9 Å². The standard InChI is InChI=1S/C25H24N4O6/c1-29(2)19-15-9-11-8-14-12(16-10-27-6-7-28-16)4-3-5-13(14)20(30)17(11)22(32)25(15,35)23(33)18(21(19)31)24(26)34/h3-7,10-11,15,19,30,33,35H,8-9H2,1-2H3,(H2,26,34)/t11-,15-,19-,25-/m0/s1. The Morgan fingerprint density at radius 2 is 1.89 bits per heavy atom. The molecule has 0 spiro atoms. The number of carbonyl (C=O) groups is 3. The van der Waals surface area contributed by atoms with E-state index in [1.54, 1.807) is 44.8 Å². The maximum absolute atomic E-state index is 13.8. The number of carbonyl (C=O) groups excluding carboxylic acids is 3. The fourth-order valence-electron chi connectivity index (χ4n) is 5.85. The molecule has 3 aliphatic rings. The molecule has 1 amide bonds. The summed E-state index contributed by atoms with van der Waals surface area (Å²) in [7, 11) is 3.17. The SMILES string of the molecule is CN(C)[C@@H]1C(=O)C(C(N)=O)=C(O)[C@@]2(O)C(=O)C3=C(O)c4cccc(-c5cnccn5)c4C[C@H]3C[C@@H]12. The molecule has 35 heavy (non-hydrogen) atoms. The first kappa shape index (κ1) is 22.9. The Morgan fingerprint density at radius 3 is 2.51 bits per heavy atom. The van der Waals surface area contributed by atoms with Crippen LogP contribution in [0.1, 0.15) is 17.5 Å². The predicted octanol–water partition coefficient (Wildman–Crippen LogP) is 0.715. The normalized spacial score (nSPS) is 28.1. The van der Waals surface area contributed by atoms with Gasteiger partial charge in [0.25, 0.3) is 5.91 Å². The molecular formula is C25H24N4O6. The maximum Gasteiger partial charge on any atom is 0.255 e. The number of hydrogen-bond donors (Lipinski definition) is 4. The molecule has 1 aromatic heterocycles. The van der Waals surface area contributed by atoms with Gasteiger partial charge in [-0.1, -0.05) is 18.2 Å². The first-order valence-electron chi connectivity index (χ1n) is 11.1. The second kappa shape index (κ2) is 7.82. The van der Waals surface area contributed by atoms with Gasteiger partial charge in [0.1, 0.15) is 17.1 Å². The van der Waals surface area contributed by atoms with Gasteiger partial charge in [0.15, 0.2) is 11.4 Å². The number of Topliss-reactive ketones (excluding diaryl/α,β-unsaturated/α-hetero) is 2. The van der Waals surface area contributed by atoms with Crippen LogP contribution in [0.25, 0.3) is 17.0 Å². The van der Waals surface area contributed by atoms with Gasteiger partial charge in [0.2, 0.25) is 5.78 Å². The number of primary amides is 1. The van der Waals surface area contributed by atoms with Crippen LogP contribution >= 0.6 is 0 Å². The number of likely N-dealkylation sites (N-methyl/N-ethyl adjacent to an activating group) is 1. The molecule has 10 nitrogen and oxygen atoms in total. The summed E-state index contributed by atoms with van der Waals surface area (Å²) in [4.78, 5) is 48.9. The van der Waals surface area contributed by atoms with Crippen molar-refractivity contribution in [2.45, 2.75) is 24.5 Å². The van der Waals surface area contributed by atoms with Gasteiger partial charge >= 0.3 is 0 Å². The summed E-state index contributed by atoms with van der Waals surface area (Å²) in [6.07, 6.45) is 5.15. The Morgan fingerprint density at radius 1 is 1.17 bits per heavy atom. The fraction of sp³-hybridized carbons (Fsp3) is 0.320. The van der Waals surface area contributed by atoms with Crippen molar-refractivity contribution in [2.24, 2.45) is 17.6 Å². The molecule has 5 N–H and O–H groups in total. The second-order valence-corrected chi connectivity index (χ2v) is 9.38. The number of amides is 1. The third-order valence-corrected chi connectivity index (χ3v) is 7.35. The summed E-state index contributed by atoms with van der Waals surface area (Å²) < 4.78 is 0. The van der Waals surface area contributed by atoms with Crippen LogP contribution in [0.2, 0.25) is 0 Å². The van der Waals surface area contributed by atoms with Gasteiger partial charge in [-0.25, -0.2) is 0 Å². The van der Waals surface area contributed by atoms with Gasteiger partial charge in [0.05, 0.1) is 17.9 Å². The lowest BCUT2D eigenvalue weighted by Gasteiger charge is -2.50. The van der Waals surface area contributed by atoms with Crippen LogP contribution in [0.4, 0.5) is 0 Å². The number of hydrogen-bond acceptors (Lipinski definition) is 9. The summed E-state index contributed by atoms with van der Waals surface area (Å²) in [5, 5.41) is 33.7. The summed E-state index contributed by atoms with van der Waals surface area (Å²) in [5.74, 6) is -5.91. The number of ketones is 2. The van der Waals surface area contributed by atoms with E-state index < -0.39 is 52.3 Å². The summed E-state index contributed by atoms with van der Waals surface area (Å²) in [6, 6.07) is 4.15. The number of aliphatic hydroxyl groups excluding tert-OH is 2. The molecule has 10 heteroatoms. The highest BCUT2D eigenvalue weighted by Gasteiger charge is 2.64. The van der Waals surface area contributed by atoms with E-state index in [-0.39, 0.29) is 17.8 Å². The van der Waals surface area contributed by atoms with Crippen molar-refractivity contribution in [1.29, 1.82) is 0 Å². The van der Waals surface area contributed by atoms with Crippen molar-refractivity contribution in [3.05, 3.63) is 64.8 Å². The first-order valence-corrected chi connectivity index (χ1v) is 11.1. The van der Waals surface area contributed by atoms with Gasteiger partial charge in [-0.15, -0.1) is 0 Å². The third kappa shape index (κ3) is 3.06. The van der Waals surface area contributed by atoms with E-state index in [0.717, 1.165) is 11.1 Å². The lowest BCUT2D eigenvalue weighted by molar-refractivity contribution is -0.153. The van der Waals surface area contributed by atoms with Crippen LogP contribution in [-0.2, 0) is 20.8 Å². The summed E-state index contributed by atoms with van der Waals surface area (Å²) >= 11 is 0. The van der Waals surface area contributed by atoms with Crippen LogP contribution < -0.4 is 5.73 Å². The molecule has 1 fully saturated rings. The van der Waals surface area contributed by atoms with E-state index in [1.165, 1.54) is 4.90 Å². The number of rotatable bonds is 3. The van der Waals surface area contributed by atoms with Gasteiger partial charge in [0, 0.05) is 35.0 Å². The molecule has 1 aromatic carbocycles. The van der Waals surface area contributed by atoms with Crippen LogP contribution in [0.5, 0.6) is 0 Å². The largest absolute Gasteiger partial charge is 0.508 e. The number of nitrogens with two attached hydrogens (primary N) is 1. The van der Waals surface area contributed by atoms with E-state index in [2.05, 4.69) is 9.97 Å². The molecule has 5 rings (SSSR count). The molecule has 1 heterocycles. The highest BCUT2D eigenvalue weighted by Crippen LogP contribution is 2.52. The molecular weight excluding hydrogens is 452 g/mol. The average Bonchev–Trinajstić information content (AvgIpc) is 2.81. The molecule has 2 aromatic rings. The van der Waals surface area contributed by atoms with Gasteiger partial charge in [-0.3, -0.25) is 29.3 Å². The Hall–Kier alpha value is -3.89. The topological polar surface area (TPSA) is 167 Å². The zero-order valence-corrected chi connectivity index (χ0v) is 19.1. The fourth-order valence-corrected chi connectivity index (χ4v) is 5.85. The molecule has 1 saturated carbocycles. The van der Waals surface area contributed by atoms with Crippen LogP contribution in [0.3, 0.4) is 0 Å². The van der Waals surface area contributed by atoms with Gasteiger partial charge in [-0.05, 0) is 38.4 Å². The minimum absolute atomic E-state index is 0.0465.